The van der Waals surface area contributed by atoms with Crippen LogP contribution in [-0.4, -0.2) is 0 Å². The lowest BCUT2D eigenvalue weighted by Crippen LogP contribution is -2.12. The lowest BCUT2D eigenvalue weighted by atomic mass is 9.77. The van der Waals surface area contributed by atoms with Gasteiger partial charge >= 0.3 is 0 Å². The summed E-state index contributed by atoms with van der Waals surface area (Å²) in [4.78, 5) is 0. The Bertz CT molecular complexity index is 736. The summed E-state index contributed by atoms with van der Waals surface area (Å²) < 4.78 is 0. The molecule has 0 aliphatic heterocycles. The zero-order chi connectivity index (χ0) is 19.3. The van der Waals surface area contributed by atoms with Gasteiger partial charge in [0.05, 0.1) is 0 Å². The first-order valence-corrected chi connectivity index (χ1v) is 11.6. The third kappa shape index (κ3) is 4.43. The summed E-state index contributed by atoms with van der Waals surface area (Å²) in [6.45, 7) is 6.31. The third-order valence-corrected chi connectivity index (χ3v) is 7.63. The SMILES string of the molecule is C=CC1CCC(c2ccc(-c3ccc(C4CCC(CC)CC4)cc3)cc2)CC1. The summed E-state index contributed by atoms with van der Waals surface area (Å²) >= 11 is 0. The Kier molecular flexibility index (Phi) is 6.35. The zero-order valence-electron chi connectivity index (χ0n) is 17.6. The molecule has 0 N–H and O–H groups in total. The van der Waals surface area contributed by atoms with Crippen molar-refractivity contribution in [3.05, 3.63) is 72.3 Å². The molecule has 0 heterocycles. The van der Waals surface area contributed by atoms with Crippen molar-refractivity contribution in [1.29, 1.82) is 0 Å². The van der Waals surface area contributed by atoms with Gasteiger partial charge in [0, 0.05) is 0 Å². The van der Waals surface area contributed by atoms with Gasteiger partial charge in [-0.1, -0.05) is 68.0 Å². The van der Waals surface area contributed by atoms with Crippen molar-refractivity contribution in [2.24, 2.45) is 11.8 Å². The van der Waals surface area contributed by atoms with Crippen LogP contribution in [0.3, 0.4) is 0 Å². The molecular weight excluding hydrogens is 336 g/mol. The maximum Gasteiger partial charge on any atom is -0.0162 e. The van der Waals surface area contributed by atoms with Crippen molar-refractivity contribution in [1.82, 2.24) is 0 Å². The molecule has 2 aliphatic carbocycles. The molecule has 0 unspecified atom stereocenters. The summed E-state index contributed by atoms with van der Waals surface area (Å²) in [5, 5.41) is 0. The van der Waals surface area contributed by atoms with E-state index in [0.717, 1.165) is 23.7 Å². The number of allylic oxidation sites excluding steroid dienone is 1. The monoisotopic (exact) mass is 372 g/mol. The highest BCUT2D eigenvalue weighted by atomic mass is 14.3. The van der Waals surface area contributed by atoms with Gasteiger partial charge < -0.3 is 0 Å². The fourth-order valence-corrected chi connectivity index (χ4v) is 5.49. The van der Waals surface area contributed by atoms with Crippen LogP contribution in [-0.2, 0) is 0 Å². The quantitative estimate of drug-likeness (QED) is 0.461. The van der Waals surface area contributed by atoms with Gasteiger partial charge in [0.25, 0.3) is 0 Å². The van der Waals surface area contributed by atoms with E-state index in [1.165, 1.54) is 74.5 Å². The Labute approximate surface area is 172 Å². The number of benzene rings is 2. The lowest BCUT2D eigenvalue weighted by Gasteiger charge is -2.28. The Hall–Kier alpha value is -1.82. The van der Waals surface area contributed by atoms with Crippen LogP contribution in [0, 0.1) is 11.8 Å². The molecule has 2 aromatic carbocycles. The van der Waals surface area contributed by atoms with Gasteiger partial charge in [-0.25, -0.2) is 0 Å². The molecule has 2 saturated carbocycles. The molecule has 148 valence electrons. The minimum absolute atomic E-state index is 0.742. The molecule has 2 fully saturated rings. The van der Waals surface area contributed by atoms with E-state index in [9.17, 15) is 0 Å². The van der Waals surface area contributed by atoms with Crippen LogP contribution in [0.4, 0.5) is 0 Å². The van der Waals surface area contributed by atoms with Crippen molar-refractivity contribution >= 4 is 0 Å². The first-order chi connectivity index (χ1) is 13.8. The zero-order valence-corrected chi connectivity index (χ0v) is 17.6. The van der Waals surface area contributed by atoms with Crippen molar-refractivity contribution in [3.8, 4) is 11.1 Å². The van der Waals surface area contributed by atoms with Crippen molar-refractivity contribution in [2.45, 2.75) is 76.5 Å². The standard InChI is InChI=1S/C28H36/c1-3-21-5-9-23(10-6-21)25-13-17-27(18-14-25)28-19-15-26(16-20-28)24-11-7-22(4-2)8-12-24/h3,13-24H,1,4-12H2,2H3. The second-order valence-corrected chi connectivity index (χ2v) is 9.22. The van der Waals surface area contributed by atoms with Crippen LogP contribution in [0.2, 0.25) is 0 Å². The van der Waals surface area contributed by atoms with Crippen LogP contribution >= 0.6 is 0 Å². The van der Waals surface area contributed by atoms with Crippen molar-refractivity contribution < 1.29 is 0 Å². The van der Waals surface area contributed by atoms with Crippen LogP contribution in [0.15, 0.2) is 61.2 Å². The minimum Gasteiger partial charge on any atom is -0.103 e. The van der Waals surface area contributed by atoms with E-state index < -0.39 is 0 Å². The normalized spacial score (nSPS) is 28.0. The van der Waals surface area contributed by atoms with Crippen molar-refractivity contribution in [3.63, 3.8) is 0 Å². The predicted octanol–water partition coefficient (Wildman–Crippen LogP) is 8.50. The molecule has 0 amide bonds. The summed E-state index contributed by atoms with van der Waals surface area (Å²) in [6, 6.07) is 18.8. The van der Waals surface area contributed by atoms with Crippen molar-refractivity contribution in [2.75, 3.05) is 0 Å². The van der Waals surface area contributed by atoms with E-state index in [4.69, 9.17) is 0 Å². The molecule has 4 rings (SSSR count). The number of hydrogen-bond donors (Lipinski definition) is 0. The fraction of sp³-hybridized carbons (Fsp3) is 0.500. The second kappa shape index (κ2) is 9.12. The molecule has 0 nitrogen and oxygen atoms in total. The van der Waals surface area contributed by atoms with E-state index in [1.807, 2.05) is 0 Å². The smallest absolute Gasteiger partial charge is 0.0162 e. The van der Waals surface area contributed by atoms with Gasteiger partial charge in [0.1, 0.15) is 0 Å². The second-order valence-electron chi connectivity index (χ2n) is 9.22. The highest BCUT2D eigenvalue weighted by Crippen LogP contribution is 2.38. The van der Waals surface area contributed by atoms with Gasteiger partial charge in [-0.2, -0.15) is 0 Å². The summed E-state index contributed by atoms with van der Waals surface area (Å²) in [6.07, 6.45) is 14.3. The summed E-state index contributed by atoms with van der Waals surface area (Å²) in [7, 11) is 0. The fourth-order valence-electron chi connectivity index (χ4n) is 5.49. The molecule has 0 heteroatoms. The van der Waals surface area contributed by atoms with Gasteiger partial charge in [0.2, 0.25) is 0 Å². The molecule has 2 aromatic rings. The largest absolute Gasteiger partial charge is 0.103 e. The average molecular weight is 373 g/mol. The van der Waals surface area contributed by atoms with E-state index in [-0.39, 0.29) is 0 Å². The van der Waals surface area contributed by atoms with Crippen LogP contribution in [0.25, 0.3) is 11.1 Å². The van der Waals surface area contributed by atoms with E-state index in [1.54, 1.807) is 5.56 Å². The highest BCUT2D eigenvalue weighted by Gasteiger charge is 2.22. The Balaban J connectivity index is 1.39. The maximum atomic E-state index is 3.97. The van der Waals surface area contributed by atoms with Gasteiger partial charge in [-0.05, 0) is 97.3 Å². The van der Waals surface area contributed by atoms with E-state index in [2.05, 4.69) is 68.1 Å². The topological polar surface area (TPSA) is 0 Å². The van der Waals surface area contributed by atoms with Crippen LogP contribution < -0.4 is 0 Å². The molecule has 0 saturated heterocycles. The van der Waals surface area contributed by atoms with Crippen LogP contribution in [0.1, 0.15) is 87.7 Å². The minimum atomic E-state index is 0.742. The summed E-state index contributed by atoms with van der Waals surface area (Å²) in [5.41, 5.74) is 5.78. The number of rotatable bonds is 5. The average Bonchev–Trinajstić information content (AvgIpc) is 2.79. The molecule has 0 atom stereocenters. The van der Waals surface area contributed by atoms with Gasteiger partial charge in [-0.15, -0.1) is 6.58 Å². The molecule has 0 aromatic heterocycles. The van der Waals surface area contributed by atoms with E-state index >= 15 is 0 Å². The predicted molar refractivity (Wildman–Crippen MR) is 122 cm³/mol. The molecule has 2 aliphatic rings. The molecule has 0 radical (unpaired) electrons. The highest BCUT2D eigenvalue weighted by molar-refractivity contribution is 5.64. The Morgan fingerprint density at radius 3 is 1.50 bits per heavy atom. The third-order valence-electron chi connectivity index (χ3n) is 7.63. The lowest BCUT2D eigenvalue weighted by molar-refractivity contribution is 0.319. The molecule has 28 heavy (non-hydrogen) atoms. The van der Waals surface area contributed by atoms with Gasteiger partial charge in [0.15, 0.2) is 0 Å². The molecule has 0 bridgehead atoms. The Morgan fingerprint density at radius 1 is 0.679 bits per heavy atom. The first-order valence-electron chi connectivity index (χ1n) is 11.6. The molecular formula is C28H36. The Morgan fingerprint density at radius 2 is 1.11 bits per heavy atom. The van der Waals surface area contributed by atoms with E-state index in [0.29, 0.717) is 0 Å². The van der Waals surface area contributed by atoms with Gasteiger partial charge in [-0.3, -0.25) is 0 Å². The number of hydrogen-bond acceptors (Lipinski definition) is 0. The molecule has 0 spiro atoms. The van der Waals surface area contributed by atoms with Crippen LogP contribution in [0.5, 0.6) is 0 Å². The first kappa shape index (κ1) is 19.5. The summed E-state index contributed by atoms with van der Waals surface area (Å²) in [5.74, 6) is 3.24. The maximum absolute atomic E-state index is 3.97.